The van der Waals surface area contributed by atoms with Crippen LogP contribution in [0.5, 0.6) is 0 Å². The number of hydrogen-bond donors (Lipinski definition) is 1. The van der Waals surface area contributed by atoms with E-state index in [1.807, 2.05) is 30.3 Å². The summed E-state index contributed by atoms with van der Waals surface area (Å²) >= 11 is 0. The molecule has 2 saturated heterocycles. The summed E-state index contributed by atoms with van der Waals surface area (Å²) in [7, 11) is 0. The number of ether oxygens (including phenoxy) is 2. The summed E-state index contributed by atoms with van der Waals surface area (Å²) in [5, 5.41) is 9.59. The molecule has 0 aliphatic carbocycles. The topological polar surface area (TPSA) is 79.3 Å². The highest BCUT2D eigenvalue weighted by Gasteiger charge is 2.44. The molecule has 0 bridgehead atoms. The Kier molecular flexibility index (Phi) is 5.55. The number of fused-ring (bicyclic) bond motifs is 1. The van der Waals surface area contributed by atoms with Gasteiger partial charge in [-0.1, -0.05) is 30.3 Å². The molecule has 1 aromatic carbocycles. The first-order valence-electron chi connectivity index (χ1n) is 8.63. The first kappa shape index (κ1) is 17.7. The Labute approximate surface area is 147 Å². The van der Waals surface area contributed by atoms with Crippen molar-refractivity contribution in [3.63, 3.8) is 0 Å². The molecule has 0 radical (unpaired) electrons. The molecule has 2 aliphatic heterocycles. The predicted molar refractivity (Wildman–Crippen MR) is 89.5 cm³/mol. The molecule has 0 spiro atoms. The molecule has 0 saturated carbocycles. The van der Waals surface area contributed by atoms with Crippen LogP contribution in [0.1, 0.15) is 25.3 Å². The van der Waals surface area contributed by atoms with E-state index in [0.29, 0.717) is 13.0 Å². The molecular weight excluding hydrogens is 324 g/mol. The lowest BCUT2D eigenvalue weighted by molar-refractivity contribution is -0.168. The average Bonchev–Trinajstić information content (AvgIpc) is 2.85. The summed E-state index contributed by atoms with van der Waals surface area (Å²) in [4.78, 5) is 28.2. The van der Waals surface area contributed by atoms with Gasteiger partial charge < -0.3 is 19.5 Å². The normalized spacial score (nSPS) is 26.8. The lowest BCUT2D eigenvalue weighted by atomic mass is 10.1. The molecular formula is C18H24N2O5. The van der Waals surface area contributed by atoms with Crippen molar-refractivity contribution < 1.29 is 24.2 Å². The van der Waals surface area contributed by atoms with E-state index in [9.17, 15) is 14.7 Å². The van der Waals surface area contributed by atoms with Crippen LogP contribution in [0.3, 0.4) is 0 Å². The monoisotopic (exact) mass is 348 g/mol. The van der Waals surface area contributed by atoms with E-state index in [1.54, 1.807) is 11.8 Å². The maximum absolute atomic E-state index is 12.8. The molecule has 1 N–H and O–H groups in total. The number of rotatable bonds is 3. The fourth-order valence-electron chi connectivity index (χ4n) is 3.34. The van der Waals surface area contributed by atoms with Crippen LogP contribution >= 0.6 is 0 Å². The van der Waals surface area contributed by atoms with E-state index in [-0.39, 0.29) is 31.7 Å². The standard InChI is InChI=1S/C18H24N2O5/c1-13-17(22)20-15(11-21)8-5-9-24-16(20)10-19(13)18(23)25-12-14-6-3-2-4-7-14/h2-4,6-7,13,15-16,21H,5,8-12H2,1H3/t13-,15-,16?/m0/s1. The van der Waals surface area contributed by atoms with Crippen molar-refractivity contribution in [3.8, 4) is 0 Å². The van der Waals surface area contributed by atoms with Gasteiger partial charge in [0.2, 0.25) is 5.91 Å². The fraction of sp³-hybridized carbons (Fsp3) is 0.556. The molecule has 25 heavy (non-hydrogen) atoms. The van der Waals surface area contributed by atoms with Gasteiger partial charge in [0.15, 0.2) is 6.23 Å². The Hall–Kier alpha value is -2.12. The zero-order valence-corrected chi connectivity index (χ0v) is 14.3. The van der Waals surface area contributed by atoms with Crippen LogP contribution in [0, 0.1) is 0 Å². The largest absolute Gasteiger partial charge is 0.445 e. The Morgan fingerprint density at radius 3 is 2.84 bits per heavy atom. The molecule has 7 heteroatoms. The van der Waals surface area contributed by atoms with Gasteiger partial charge in [0.05, 0.1) is 19.2 Å². The minimum Gasteiger partial charge on any atom is -0.445 e. The van der Waals surface area contributed by atoms with Gasteiger partial charge in [-0.05, 0) is 25.3 Å². The zero-order chi connectivity index (χ0) is 17.8. The predicted octanol–water partition coefficient (Wildman–Crippen LogP) is 1.35. The molecule has 136 valence electrons. The van der Waals surface area contributed by atoms with E-state index in [4.69, 9.17) is 9.47 Å². The smallest absolute Gasteiger partial charge is 0.410 e. The molecule has 0 aromatic heterocycles. The van der Waals surface area contributed by atoms with Crippen molar-refractivity contribution in [2.75, 3.05) is 19.8 Å². The Bertz CT molecular complexity index is 609. The minimum atomic E-state index is -0.643. The second-order valence-corrected chi connectivity index (χ2v) is 6.42. The van der Waals surface area contributed by atoms with Crippen LogP contribution in [0.25, 0.3) is 0 Å². The number of benzene rings is 1. The van der Waals surface area contributed by atoms with E-state index in [0.717, 1.165) is 12.0 Å². The van der Waals surface area contributed by atoms with Crippen molar-refractivity contribution in [1.29, 1.82) is 0 Å². The van der Waals surface area contributed by atoms with Crippen LogP contribution in [0.4, 0.5) is 4.79 Å². The Morgan fingerprint density at radius 2 is 2.12 bits per heavy atom. The summed E-state index contributed by atoms with van der Waals surface area (Å²) in [5.41, 5.74) is 0.888. The van der Waals surface area contributed by atoms with Gasteiger partial charge in [0.25, 0.3) is 0 Å². The quantitative estimate of drug-likeness (QED) is 0.892. The van der Waals surface area contributed by atoms with Gasteiger partial charge in [-0.2, -0.15) is 0 Å². The van der Waals surface area contributed by atoms with E-state index in [1.165, 1.54) is 4.90 Å². The summed E-state index contributed by atoms with van der Waals surface area (Å²) in [5.74, 6) is -0.214. The number of aliphatic hydroxyl groups excluding tert-OH is 1. The Morgan fingerprint density at radius 1 is 1.36 bits per heavy atom. The molecule has 1 aromatic rings. The third-order valence-electron chi connectivity index (χ3n) is 4.78. The molecule has 2 amide bonds. The van der Waals surface area contributed by atoms with Crippen LogP contribution < -0.4 is 0 Å². The molecule has 3 atom stereocenters. The number of carbonyl (C=O) groups is 2. The second kappa shape index (κ2) is 7.84. The number of carbonyl (C=O) groups excluding carboxylic acids is 2. The van der Waals surface area contributed by atoms with Gasteiger partial charge in [-0.15, -0.1) is 0 Å². The van der Waals surface area contributed by atoms with Crippen molar-refractivity contribution in [2.45, 2.75) is 44.7 Å². The fourth-order valence-corrected chi connectivity index (χ4v) is 3.34. The van der Waals surface area contributed by atoms with Crippen molar-refractivity contribution in [2.24, 2.45) is 0 Å². The van der Waals surface area contributed by atoms with E-state index >= 15 is 0 Å². The van der Waals surface area contributed by atoms with Gasteiger partial charge in [-0.25, -0.2) is 4.79 Å². The third-order valence-corrected chi connectivity index (χ3v) is 4.78. The number of aliphatic hydroxyl groups is 1. The summed E-state index contributed by atoms with van der Waals surface area (Å²) in [6, 6.07) is 8.50. The maximum atomic E-state index is 12.8. The lowest BCUT2D eigenvalue weighted by Crippen LogP contribution is -2.65. The van der Waals surface area contributed by atoms with Crippen molar-refractivity contribution in [1.82, 2.24) is 9.80 Å². The molecule has 3 rings (SSSR count). The first-order valence-corrected chi connectivity index (χ1v) is 8.63. The van der Waals surface area contributed by atoms with Gasteiger partial charge in [0, 0.05) is 6.61 Å². The molecule has 2 aliphatic rings. The average molecular weight is 348 g/mol. The second-order valence-electron chi connectivity index (χ2n) is 6.42. The van der Waals surface area contributed by atoms with E-state index < -0.39 is 18.4 Å². The Balaban J connectivity index is 1.68. The summed E-state index contributed by atoms with van der Waals surface area (Å²) in [6.07, 6.45) is 0.410. The van der Waals surface area contributed by atoms with Gasteiger partial charge in [-0.3, -0.25) is 9.69 Å². The van der Waals surface area contributed by atoms with Crippen LogP contribution in [0.2, 0.25) is 0 Å². The van der Waals surface area contributed by atoms with Crippen LogP contribution in [0.15, 0.2) is 30.3 Å². The third kappa shape index (κ3) is 3.77. The highest BCUT2D eigenvalue weighted by molar-refractivity contribution is 5.87. The molecule has 2 heterocycles. The van der Waals surface area contributed by atoms with Gasteiger partial charge in [0.1, 0.15) is 12.6 Å². The summed E-state index contributed by atoms with van der Waals surface area (Å²) < 4.78 is 11.1. The van der Waals surface area contributed by atoms with Crippen LogP contribution in [-0.4, -0.2) is 65.0 Å². The molecule has 2 fully saturated rings. The first-order chi connectivity index (χ1) is 12.1. The molecule has 1 unspecified atom stereocenters. The zero-order valence-electron chi connectivity index (χ0n) is 14.3. The molecule has 7 nitrogen and oxygen atoms in total. The van der Waals surface area contributed by atoms with Gasteiger partial charge >= 0.3 is 6.09 Å². The number of amides is 2. The van der Waals surface area contributed by atoms with E-state index in [2.05, 4.69) is 0 Å². The van der Waals surface area contributed by atoms with Crippen LogP contribution in [-0.2, 0) is 20.9 Å². The van der Waals surface area contributed by atoms with Crippen molar-refractivity contribution >= 4 is 12.0 Å². The number of piperazine rings is 1. The van der Waals surface area contributed by atoms with Crippen molar-refractivity contribution in [3.05, 3.63) is 35.9 Å². The minimum absolute atomic E-state index is 0.100. The lowest BCUT2D eigenvalue weighted by Gasteiger charge is -2.45. The highest BCUT2D eigenvalue weighted by Crippen LogP contribution is 2.25. The summed E-state index contributed by atoms with van der Waals surface area (Å²) in [6.45, 7) is 2.49. The number of nitrogens with zero attached hydrogens (tertiary/aromatic N) is 2. The SMILES string of the molecule is C[C@H]1C(=O)N2C(CN1C(=O)OCc1ccccc1)OCCC[C@H]2CO. The number of hydrogen-bond acceptors (Lipinski definition) is 5. The maximum Gasteiger partial charge on any atom is 0.410 e. The highest BCUT2D eigenvalue weighted by atomic mass is 16.6.